The fraction of sp³-hybridized carbons (Fsp3) is 0.429. The van der Waals surface area contributed by atoms with E-state index in [-0.39, 0.29) is 7.57 Å². The normalized spacial score (nSPS) is 15.2. The van der Waals surface area contributed by atoms with Crippen LogP contribution in [-0.4, -0.2) is 34.4 Å². The highest BCUT2D eigenvalue weighted by Gasteiger charge is 2.38. The number of hydrogen-bond acceptors (Lipinski definition) is 2. The van der Waals surface area contributed by atoms with Crippen LogP contribution in [-0.2, 0) is 6.54 Å². The van der Waals surface area contributed by atoms with Crippen molar-refractivity contribution >= 4 is 20.1 Å². The Hall–Kier alpha value is -1.15. The van der Waals surface area contributed by atoms with Gasteiger partial charge >= 0.3 is 0 Å². The second kappa shape index (κ2) is 5.09. The molecule has 102 valence electrons. The lowest BCUT2D eigenvalue weighted by molar-refractivity contribution is 0.650. The molecule has 0 aliphatic rings. The topological polar surface area (TPSA) is 30.7 Å². The molecule has 1 heterocycles. The van der Waals surface area contributed by atoms with Crippen molar-refractivity contribution in [1.82, 2.24) is 15.0 Å². The molecule has 0 aliphatic carbocycles. The fourth-order valence-corrected chi connectivity index (χ4v) is 2.80. The summed E-state index contributed by atoms with van der Waals surface area (Å²) < 4.78 is 1.98. The number of rotatable bonds is 3. The molecular formula is C14H23BN3P. The number of benzene rings is 1. The quantitative estimate of drug-likeness (QED) is 0.630. The molecule has 1 aromatic heterocycles. The average molecular weight is 275 g/mol. The summed E-state index contributed by atoms with van der Waals surface area (Å²) in [6.45, 7) is 10.3. The van der Waals surface area contributed by atoms with E-state index in [0.717, 1.165) is 6.54 Å². The van der Waals surface area contributed by atoms with Crippen LogP contribution in [0.4, 0.5) is 0 Å². The molecule has 3 nitrogen and oxygen atoms in total. The molecule has 0 spiro atoms. The van der Waals surface area contributed by atoms with Crippen molar-refractivity contribution in [3.8, 4) is 0 Å². The lowest BCUT2D eigenvalue weighted by Gasteiger charge is -2.35. The summed E-state index contributed by atoms with van der Waals surface area (Å²) in [4.78, 5) is 0. The molecule has 1 aromatic carbocycles. The molecule has 0 fully saturated rings. The van der Waals surface area contributed by atoms with Gasteiger partial charge in [-0.05, 0) is 26.3 Å². The summed E-state index contributed by atoms with van der Waals surface area (Å²) in [7, 11) is -0.760. The fourth-order valence-electron chi connectivity index (χ4n) is 1.63. The Morgan fingerprint density at radius 3 is 2.42 bits per heavy atom. The van der Waals surface area contributed by atoms with Crippen LogP contribution in [0.15, 0.2) is 36.5 Å². The molecule has 0 amide bonds. The third-order valence-electron chi connectivity index (χ3n) is 3.06. The lowest BCUT2D eigenvalue weighted by atomic mass is 10.2. The molecule has 0 aliphatic heterocycles. The monoisotopic (exact) mass is 275 g/mol. The predicted molar refractivity (Wildman–Crippen MR) is 87.7 cm³/mol. The summed E-state index contributed by atoms with van der Waals surface area (Å²) >= 11 is 0. The van der Waals surface area contributed by atoms with E-state index in [9.17, 15) is 0 Å². The van der Waals surface area contributed by atoms with E-state index in [0.29, 0.717) is 5.16 Å². The standard InChI is InChI=1S/C14H23BN3P/c1-14(2,3)19(4,15)13-11-18(17-16-13)10-12-8-6-5-7-9-12/h5-9,11H,10H2,1-4,15H3. The summed E-state index contributed by atoms with van der Waals surface area (Å²) in [5, 5.41) is 9.18. The molecular weight excluding hydrogens is 252 g/mol. The summed E-state index contributed by atoms with van der Waals surface area (Å²) in [6.07, 6.45) is 2.18. The van der Waals surface area contributed by atoms with Crippen LogP contribution in [0, 0.1) is 0 Å². The van der Waals surface area contributed by atoms with Gasteiger partial charge in [-0.2, -0.15) is 0 Å². The summed E-state index contributed by atoms with van der Waals surface area (Å²) in [5.41, 5.74) is 2.55. The highest BCUT2D eigenvalue weighted by molar-refractivity contribution is 8.03. The molecule has 1 unspecified atom stereocenters. The van der Waals surface area contributed by atoms with Crippen LogP contribution in [0.2, 0.25) is 0 Å². The first-order chi connectivity index (χ1) is 8.80. The Bertz CT molecular complexity index is 543. The Labute approximate surface area is 117 Å². The van der Waals surface area contributed by atoms with E-state index in [1.54, 1.807) is 0 Å². The first kappa shape index (κ1) is 14.3. The van der Waals surface area contributed by atoms with Crippen molar-refractivity contribution in [2.45, 2.75) is 32.5 Å². The van der Waals surface area contributed by atoms with Gasteiger partial charge in [-0.3, -0.25) is 0 Å². The molecule has 0 saturated carbocycles. The van der Waals surface area contributed by atoms with Crippen molar-refractivity contribution in [1.29, 1.82) is 0 Å². The van der Waals surface area contributed by atoms with Gasteiger partial charge in [0, 0.05) is 11.8 Å². The number of hydrogen-bond donors (Lipinski definition) is 0. The van der Waals surface area contributed by atoms with Crippen molar-refractivity contribution in [2.75, 3.05) is 6.66 Å². The van der Waals surface area contributed by atoms with E-state index >= 15 is 0 Å². The zero-order valence-electron chi connectivity index (χ0n) is 11.5. The summed E-state index contributed by atoms with van der Waals surface area (Å²) in [6, 6.07) is 10.4. The molecule has 0 radical (unpaired) electrons. The van der Waals surface area contributed by atoms with Crippen molar-refractivity contribution < 1.29 is 0 Å². The van der Waals surface area contributed by atoms with Gasteiger partial charge in [0.15, 0.2) is 5.44 Å². The third-order valence-corrected chi connectivity index (χ3v) is 5.97. The van der Waals surface area contributed by atoms with Gasteiger partial charge in [0.2, 0.25) is 0 Å². The van der Waals surface area contributed by atoms with Gasteiger partial charge in [-0.15, -0.1) is 7.14 Å². The van der Waals surface area contributed by atoms with Crippen molar-refractivity contribution in [3.63, 3.8) is 0 Å². The van der Waals surface area contributed by atoms with Crippen LogP contribution < -0.4 is 5.44 Å². The Morgan fingerprint density at radius 1 is 1.21 bits per heavy atom. The van der Waals surface area contributed by atoms with Gasteiger partial charge in [0.25, 0.3) is 0 Å². The van der Waals surface area contributed by atoms with Gasteiger partial charge in [0.05, 0.1) is 12.7 Å². The van der Waals surface area contributed by atoms with Crippen LogP contribution in [0.3, 0.4) is 0 Å². The lowest BCUT2D eigenvalue weighted by Crippen LogP contribution is -2.28. The minimum atomic E-state index is -1.01. The highest BCUT2D eigenvalue weighted by atomic mass is 31.2. The average Bonchev–Trinajstić information content (AvgIpc) is 2.78. The van der Waals surface area contributed by atoms with E-state index in [1.807, 2.05) is 10.7 Å². The van der Waals surface area contributed by atoms with Gasteiger partial charge in [-0.25, -0.2) is 4.68 Å². The van der Waals surface area contributed by atoms with Crippen LogP contribution in [0.5, 0.6) is 0 Å². The molecule has 0 saturated heterocycles. The number of aromatic nitrogens is 3. The van der Waals surface area contributed by atoms with E-state index in [1.165, 1.54) is 11.0 Å². The van der Waals surface area contributed by atoms with E-state index in [2.05, 4.69) is 68.2 Å². The zero-order chi connectivity index (χ0) is 14.1. The smallest absolute Gasteiger partial charge is 0.177 e. The minimum Gasteiger partial charge on any atom is -0.244 e. The van der Waals surface area contributed by atoms with Crippen LogP contribution in [0.25, 0.3) is 0 Å². The maximum atomic E-state index is 4.48. The van der Waals surface area contributed by atoms with Crippen molar-refractivity contribution in [2.24, 2.45) is 0 Å². The molecule has 19 heavy (non-hydrogen) atoms. The number of nitrogens with zero attached hydrogens (tertiary/aromatic N) is 3. The molecule has 0 N–H and O–H groups in total. The molecule has 1 atom stereocenters. The largest absolute Gasteiger partial charge is 0.244 e. The zero-order valence-corrected chi connectivity index (χ0v) is 12.4. The first-order valence-corrected chi connectivity index (χ1v) is 7.93. The van der Waals surface area contributed by atoms with Crippen LogP contribution in [0.1, 0.15) is 26.3 Å². The van der Waals surface area contributed by atoms with Crippen molar-refractivity contribution in [3.05, 3.63) is 42.1 Å². The van der Waals surface area contributed by atoms with Gasteiger partial charge in [0.1, 0.15) is 7.57 Å². The first-order valence-electron chi connectivity index (χ1n) is 6.15. The highest BCUT2D eigenvalue weighted by Crippen LogP contribution is 2.59. The second-order valence-corrected chi connectivity index (χ2v) is 8.41. The second-order valence-electron chi connectivity index (χ2n) is 5.49. The maximum absolute atomic E-state index is 4.48. The van der Waals surface area contributed by atoms with Gasteiger partial charge in [-0.1, -0.05) is 40.6 Å². The van der Waals surface area contributed by atoms with Gasteiger partial charge < -0.3 is 0 Å². The maximum Gasteiger partial charge on any atom is 0.177 e. The minimum absolute atomic E-state index is 0.247. The van der Waals surface area contributed by atoms with E-state index < -0.39 is 7.14 Å². The Morgan fingerprint density at radius 2 is 1.84 bits per heavy atom. The summed E-state index contributed by atoms with van der Waals surface area (Å²) in [5.74, 6) is 0. The Balaban J connectivity index is 2.20. The molecule has 2 aromatic rings. The van der Waals surface area contributed by atoms with E-state index in [4.69, 9.17) is 0 Å². The molecule has 0 bridgehead atoms. The Kier molecular flexibility index (Phi) is 3.82. The molecule has 2 rings (SSSR count). The third kappa shape index (κ3) is 3.06. The predicted octanol–water partition coefficient (Wildman–Crippen LogP) is 1.68. The van der Waals surface area contributed by atoms with Crippen LogP contribution >= 0.6 is 7.14 Å². The molecule has 5 heteroatoms. The SMILES string of the molecule is [BH3-][P+](C)(c1cn(Cc2ccccc2)nn1)C(C)(C)C.